The van der Waals surface area contributed by atoms with Crippen molar-refractivity contribution in [3.8, 4) is 16.9 Å². The number of aryl methyl sites for hydroxylation is 1. The number of pyridine rings is 1. The Morgan fingerprint density at radius 2 is 1.83 bits per heavy atom. The Kier molecular flexibility index (Phi) is 5.48. The second-order valence-corrected chi connectivity index (χ2v) is 7.24. The zero-order valence-electron chi connectivity index (χ0n) is 15.6. The first-order chi connectivity index (χ1) is 14.4. The minimum Gasteiger partial charge on any atom is -0.320 e. The molecule has 2 aromatic heterocycles. The van der Waals surface area contributed by atoms with Crippen LogP contribution in [0.3, 0.4) is 0 Å². The highest BCUT2D eigenvalue weighted by atomic mass is 35.5. The number of nitrogens with zero attached hydrogens (tertiary/aromatic N) is 4. The molecule has 0 aliphatic rings. The first-order valence-corrected chi connectivity index (χ1v) is 9.58. The fourth-order valence-electron chi connectivity index (χ4n) is 3.02. The Labute approximate surface area is 181 Å². The molecule has 4 rings (SSSR count). The van der Waals surface area contributed by atoms with Gasteiger partial charge in [0.15, 0.2) is 5.82 Å². The maximum absolute atomic E-state index is 14.2. The summed E-state index contributed by atoms with van der Waals surface area (Å²) in [6.07, 6.45) is 4.44. The number of nitrogens with one attached hydrogen (secondary N) is 1. The number of rotatable bonds is 4. The summed E-state index contributed by atoms with van der Waals surface area (Å²) >= 11 is 12.5. The van der Waals surface area contributed by atoms with Crippen molar-refractivity contribution in [1.82, 2.24) is 20.0 Å². The van der Waals surface area contributed by atoms with Gasteiger partial charge in [-0.1, -0.05) is 41.4 Å². The zero-order chi connectivity index (χ0) is 21.3. The van der Waals surface area contributed by atoms with E-state index in [0.717, 1.165) is 5.56 Å². The molecule has 30 heavy (non-hydrogen) atoms. The summed E-state index contributed by atoms with van der Waals surface area (Å²) in [5, 5.41) is 11.1. The highest BCUT2D eigenvalue weighted by Crippen LogP contribution is 2.30. The average Bonchev–Trinajstić information content (AvgIpc) is 3.22. The molecule has 0 bridgehead atoms. The second kappa shape index (κ2) is 8.22. The van der Waals surface area contributed by atoms with Crippen molar-refractivity contribution in [3.05, 3.63) is 88.0 Å². The van der Waals surface area contributed by atoms with E-state index in [1.165, 1.54) is 35.5 Å². The second-order valence-electron chi connectivity index (χ2n) is 6.43. The van der Waals surface area contributed by atoms with Crippen LogP contribution < -0.4 is 5.32 Å². The molecule has 0 aliphatic heterocycles. The van der Waals surface area contributed by atoms with Crippen molar-refractivity contribution in [3.63, 3.8) is 0 Å². The van der Waals surface area contributed by atoms with Crippen molar-refractivity contribution in [2.75, 3.05) is 5.32 Å². The minimum atomic E-state index is -0.445. The molecule has 0 aliphatic carbocycles. The number of carbonyl (C=O) groups is 1. The normalized spacial score (nSPS) is 10.8. The molecule has 2 aromatic carbocycles. The van der Waals surface area contributed by atoms with E-state index in [-0.39, 0.29) is 21.4 Å². The van der Waals surface area contributed by atoms with E-state index >= 15 is 0 Å². The largest absolute Gasteiger partial charge is 0.320 e. The molecule has 0 radical (unpaired) electrons. The van der Waals surface area contributed by atoms with Gasteiger partial charge in [-0.15, -0.1) is 4.80 Å². The van der Waals surface area contributed by atoms with Crippen molar-refractivity contribution >= 4 is 34.8 Å². The first kappa shape index (κ1) is 20.0. The van der Waals surface area contributed by atoms with Gasteiger partial charge in [-0.25, -0.2) is 9.37 Å². The maximum Gasteiger partial charge on any atom is 0.257 e. The van der Waals surface area contributed by atoms with Gasteiger partial charge in [0, 0.05) is 5.56 Å². The molecule has 0 saturated carbocycles. The van der Waals surface area contributed by atoms with Gasteiger partial charge in [-0.2, -0.15) is 10.2 Å². The van der Waals surface area contributed by atoms with E-state index in [1.807, 2.05) is 13.0 Å². The average molecular weight is 442 g/mol. The maximum atomic E-state index is 14.2. The molecule has 2 heterocycles. The molecule has 1 amide bonds. The van der Waals surface area contributed by atoms with E-state index in [0.29, 0.717) is 22.6 Å². The SMILES string of the molecule is Cc1cccc(F)c1-c1ccc(C(=O)Nc2cnc(-n3nccn3)c(Cl)c2)c(Cl)c1. The van der Waals surface area contributed by atoms with Crippen LogP contribution in [0, 0.1) is 12.7 Å². The first-order valence-electron chi connectivity index (χ1n) is 8.82. The predicted molar refractivity (Wildman–Crippen MR) is 114 cm³/mol. The summed E-state index contributed by atoms with van der Waals surface area (Å²) in [5.41, 5.74) is 2.43. The summed E-state index contributed by atoms with van der Waals surface area (Å²) in [4.78, 5) is 18.1. The van der Waals surface area contributed by atoms with E-state index < -0.39 is 5.91 Å². The molecule has 0 unspecified atom stereocenters. The Bertz CT molecular complexity index is 1220. The van der Waals surface area contributed by atoms with E-state index in [9.17, 15) is 9.18 Å². The third-order valence-electron chi connectivity index (χ3n) is 4.41. The third kappa shape index (κ3) is 3.90. The minimum absolute atomic E-state index is 0.198. The molecule has 150 valence electrons. The molecular formula is C21H14Cl2FN5O. The molecule has 9 heteroatoms. The van der Waals surface area contributed by atoms with Gasteiger partial charge in [0.1, 0.15) is 5.82 Å². The van der Waals surface area contributed by atoms with Crippen LogP contribution in [0.1, 0.15) is 15.9 Å². The summed E-state index contributed by atoms with van der Waals surface area (Å²) in [5.74, 6) is -0.460. The molecule has 1 N–H and O–H groups in total. The number of hydrogen-bond donors (Lipinski definition) is 1. The molecular weight excluding hydrogens is 428 g/mol. The Balaban J connectivity index is 1.58. The van der Waals surface area contributed by atoms with Crippen LogP contribution >= 0.6 is 23.2 Å². The predicted octanol–water partition coefficient (Wildman–Crippen LogP) is 5.34. The number of aromatic nitrogens is 4. The Morgan fingerprint density at radius 1 is 1.07 bits per heavy atom. The Hall–Kier alpha value is -3.29. The van der Waals surface area contributed by atoms with Gasteiger partial charge in [0.2, 0.25) is 0 Å². The van der Waals surface area contributed by atoms with Crippen molar-refractivity contribution < 1.29 is 9.18 Å². The zero-order valence-corrected chi connectivity index (χ0v) is 17.1. The molecule has 0 spiro atoms. The lowest BCUT2D eigenvalue weighted by atomic mass is 9.98. The summed E-state index contributed by atoms with van der Waals surface area (Å²) in [6.45, 7) is 1.81. The fraction of sp³-hybridized carbons (Fsp3) is 0.0476. The summed E-state index contributed by atoms with van der Waals surface area (Å²) in [6, 6.07) is 11.2. The monoisotopic (exact) mass is 441 g/mol. The van der Waals surface area contributed by atoms with Gasteiger partial charge >= 0.3 is 0 Å². The summed E-state index contributed by atoms with van der Waals surface area (Å²) in [7, 11) is 0. The van der Waals surface area contributed by atoms with Crippen LogP contribution in [-0.4, -0.2) is 25.9 Å². The number of hydrogen-bond acceptors (Lipinski definition) is 4. The van der Waals surface area contributed by atoms with Gasteiger partial charge < -0.3 is 5.32 Å². The van der Waals surface area contributed by atoms with E-state index in [4.69, 9.17) is 23.2 Å². The van der Waals surface area contributed by atoms with Gasteiger partial charge in [0.05, 0.1) is 39.9 Å². The van der Waals surface area contributed by atoms with Gasteiger partial charge in [-0.05, 0) is 42.3 Å². The lowest BCUT2D eigenvalue weighted by Gasteiger charge is -2.11. The van der Waals surface area contributed by atoms with Crippen LogP contribution in [0.25, 0.3) is 16.9 Å². The van der Waals surface area contributed by atoms with Crippen LogP contribution in [0.5, 0.6) is 0 Å². The Morgan fingerprint density at radius 3 is 2.50 bits per heavy atom. The highest BCUT2D eigenvalue weighted by Gasteiger charge is 2.16. The molecule has 6 nitrogen and oxygen atoms in total. The third-order valence-corrected chi connectivity index (χ3v) is 5.00. The number of carbonyl (C=O) groups excluding carboxylic acids is 1. The van der Waals surface area contributed by atoms with E-state index in [2.05, 4.69) is 20.5 Å². The van der Waals surface area contributed by atoms with E-state index in [1.54, 1.807) is 24.3 Å². The molecule has 0 atom stereocenters. The van der Waals surface area contributed by atoms with Crippen LogP contribution in [0.4, 0.5) is 10.1 Å². The topological polar surface area (TPSA) is 72.7 Å². The number of benzene rings is 2. The van der Waals surface area contributed by atoms with Crippen LogP contribution in [0.15, 0.2) is 61.1 Å². The van der Waals surface area contributed by atoms with Gasteiger partial charge in [0.25, 0.3) is 5.91 Å². The van der Waals surface area contributed by atoms with Crippen LogP contribution in [-0.2, 0) is 0 Å². The van der Waals surface area contributed by atoms with Crippen molar-refractivity contribution in [2.45, 2.75) is 6.92 Å². The van der Waals surface area contributed by atoms with Crippen LogP contribution in [0.2, 0.25) is 10.0 Å². The lowest BCUT2D eigenvalue weighted by molar-refractivity contribution is 0.102. The molecule has 4 aromatic rings. The number of halogens is 3. The standard InChI is InChI=1S/C21H14Cl2FN5O/c1-12-3-2-4-18(24)19(12)13-5-6-15(16(22)9-13)21(30)28-14-10-17(23)20(25-11-14)29-26-7-8-27-29/h2-11H,1H3,(H,28,30). The van der Waals surface area contributed by atoms with Crippen molar-refractivity contribution in [1.29, 1.82) is 0 Å². The fourth-order valence-corrected chi connectivity index (χ4v) is 3.53. The smallest absolute Gasteiger partial charge is 0.257 e. The lowest BCUT2D eigenvalue weighted by Crippen LogP contribution is -2.13. The molecule has 0 saturated heterocycles. The van der Waals surface area contributed by atoms with Gasteiger partial charge in [-0.3, -0.25) is 4.79 Å². The number of anilines is 1. The highest BCUT2D eigenvalue weighted by molar-refractivity contribution is 6.35. The number of amides is 1. The molecule has 0 fully saturated rings. The quantitative estimate of drug-likeness (QED) is 0.464. The summed E-state index contributed by atoms with van der Waals surface area (Å²) < 4.78 is 14.2. The van der Waals surface area contributed by atoms with Crippen molar-refractivity contribution in [2.24, 2.45) is 0 Å².